The average Bonchev–Trinajstić information content (AvgIpc) is 2.70. The Hall–Kier alpha value is -2.27. The van der Waals surface area contributed by atoms with E-state index in [9.17, 15) is 13.2 Å². The molecule has 0 radical (unpaired) electrons. The standard InChI is InChI=1S/C12H8F3N3OS/c1-7-10(6-16)11(20-18-7)17-8-2-4-9(5-3-8)19-12(13,14)15/h2-5,17H,1H3. The molecule has 4 nitrogen and oxygen atoms in total. The lowest BCUT2D eigenvalue weighted by atomic mass is 10.2. The van der Waals surface area contributed by atoms with E-state index in [-0.39, 0.29) is 5.75 Å². The number of aromatic nitrogens is 1. The van der Waals surface area contributed by atoms with Gasteiger partial charge in [0.2, 0.25) is 0 Å². The summed E-state index contributed by atoms with van der Waals surface area (Å²) in [6, 6.07) is 7.25. The number of nitriles is 1. The van der Waals surface area contributed by atoms with Crippen molar-refractivity contribution in [2.75, 3.05) is 5.32 Å². The first-order valence-electron chi connectivity index (χ1n) is 5.38. The molecule has 2 rings (SSSR count). The Morgan fingerprint density at radius 1 is 1.30 bits per heavy atom. The highest BCUT2D eigenvalue weighted by molar-refractivity contribution is 7.10. The highest BCUT2D eigenvalue weighted by Gasteiger charge is 2.30. The Bertz CT molecular complexity index is 643. The zero-order valence-corrected chi connectivity index (χ0v) is 11.0. The third-order valence-corrected chi connectivity index (χ3v) is 3.17. The molecule has 0 unspecified atom stereocenters. The van der Waals surface area contributed by atoms with Gasteiger partial charge in [0.1, 0.15) is 22.4 Å². The summed E-state index contributed by atoms with van der Waals surface area (Å²) < 4.78 is 43.8. The molecule has 0 amide bonds. The molecule has 1 aromatic heterocycles. The summed E-state index contributed by atoms with van der Waals surface area (Å²) in [6.45, 7) is 1.71. The van der Waals surface area contributed by atoms with Crippen molar-refractivity contribution in [3.05, 3.63) is 35.5 Å². The van der Waals surface area contributed by atoms with Crippen molar-refractivity contribution in [3.63, 3.8) is 0 Å². The molecule has 0 aliphatic rings. The Balaban J connectivity index is 2.13. The number of anilines is 2. The van der Waals surface area contributed by atoms with Gasteiger partial charge in [0.05, 0.1) is 5.69 Å². The lowest BCUT2D eigenvalue weighted by Gasteiger charge is -2.09. The van der Waals surface area contributed by atoms with Crippen molar-refractivity contribution < 1.29 is 17.9 Å². The molecule has 1 aromatic carbocycles. The van der Waals surface area contributed by atoms with E-state index in [0.717, 1.165) is 11.5 Å². The summed E-state index contributed by atoms with van der Waals surface area (Å²) in [5, 5.41) is 12.5. The Morgan fingerprint density at radius 3 is 2.50 bits per heavy atom. The van der Waals surface area contributed by atoms with Crippen LogP contribution in [0.4, 0.5) is 23.9 Å². The predicted molar refractivity (Wildman–Crippen MR) is 68.0 cm³/mol. The maximum Gasteiger partial charge on any atom is 0.573 e. The number of halogens is 3. The van der Waals surface area contributed by atoms with Crippen molar-refractivity contribution in [1.29, 1.82) is 5.26 Å². The number of nitrogens with zero attached hydrogens (tertiary/aromatic N) is 2. The van der Waals surface area contributed by atoms with E-state index in [2.05, 4.69) is 14.4 Å². The first kappa shape index (κ1) is 14.1. The van der Waals surface area contributed by atoms with Gasteiger partial charge in [0.15, 0.2) is 0 Å². The van der Waals surface area contributed by atoms with Crippen LogP contribution >= 0.6 is 11.5 Å². The number of ether oxygens (including phenoxy) is 1. The van der Waals surface area contributed by atoms with Crippen molar-refractivity contribution >= 4 is 22.2 Å². The first-order chi connectivity index (χ1) is 9.39. The van der Waals surface area contributed by atoms with Crippen LogP contribution in [0.1, 0.15) is 11.3 Å². The molecule has 1 heterocycles. The summed E-state index contributed by atoms with van der Waals surface area (Å²) in [6.07, 6.45) is -4.71. The third-order valence-electron chi connectivity index (χ3n) is 2.32. The molecule has 2 aromatic rings. The predicted octanol–water partition coefficient (Wildman–Crippen LogP) is 3.97. The Morgan fingerprint density at radius 2 is 1.95 bits per heavy atom. The van der Waals surface area contributed by atoms with Gasteiger partial charge in [-0.15, -0.1) is 13.2 Å². The second-order valence-corrected chi connectivity index (χ2v) is 4.55. The van der Waals surface area contributed by atoms with E-state index >= 15 is 0 Å². The number of hydrogen-bond acceptors (Lipinski definition) is 5. The van der Waals surface area contributed by atoms with Gasteiger partial charge in [-0.3, -0.25) is 0 Å². The van der Waals surface area contributed by atoms with Crippen LogP contribution in [0.2, 0.25) is 0 Å². The van der Waals surface area contributed by atoms with Gasteiger partial charge in [-0.05, 0) is 42.7 Å². The average molecular weight is 299 g/mol. The molecule has 0 aliphatic carbocycles. The summed E-state index contributed by atoms with van der Waals surface area (Å²) >= 11 is 1.11. The fraction of sp³-hybridized carbons (Fsp3) is 0.167. The summed E-state index contributed by atoms with van der Waals surface area (Å²) in [5.41, 5.74) is 1.57. The highest BCUT2D eigenvalue weighted by atomic mass is 32.1. The van der Waals surface area contributed by atoms with Crippen molar-refractivity contribution in [1.82, 2.24) is 4.37 Å². The molecule has 0 atom stereocenters. The monoisotopic (exact) mass is 299 g/mol. The number of hydrogen-bond donors (Lipinski definition) is 1. The number of alkyl halides is 3. The first-order valence-corrected chi connectivity index (χ1v) is 6.15. The van der Waals surface area contributed by atoms with Crippen molar-refractivity contribution in [3.8, 4) is 11.8 Å². The lowest BCUT2D eigenvalue weighted by Crippen LogP contribution is -2.16. The van der Waals surface area contributed by atoms with Gasteiger partial charge < -0.3 is 10.1 Å². The molecule has 1 N–H and O–H groups in total. The molecule has 104 valence electrons. The molecule has 0 spiro atoms. The number of benzene rings is 1. The van der Waals surface area contributed by atoms with Gasteiger partial charge in [-0.25, -0.2) is 0 Å². The smallest absolute Gasteiger partial charge is 0.406 e. The van der Waals surface area contributed by atoms with E-state index in [1.54, 1.807) is 6.92 Å². The third kappa shape index (κ3) is 3.39. The Kier molecular flexibility index (Phi) is 3.81. The summed E-state index contributed by atoms with van der Waals surface area (Å²) in [5.74, 6) is -0.302. The zero-order valence-electron chi connectivity index (χ0n) is 10.2. The van der Waals surface area contributed by atoms with E-state index in [4.69, 9.17) is 5.26 Å². The van der Waals surface area contributed by atoms with Crippen LogP contribution in [0.3, 0.4) is 0 Å². The van der Waals surface area contributed by atoms with Crippen LogP contribution in [-0.4, -0.2) is 10.7 Å². The molecule has 8 heteroatoms. The van der Waals surface area contributed by atoms with Gasteiger partial charge >= 0.3 is 6.36 Å². The molecule has 0 aliphatic heterocycles. The SMILES string of the molecule is Cc1nsc(Nc2ccc(OC(F)(F)F)cc2)c1C#N. The minimum Gasteiger partial charge on any atom is -0.406 e. The minimum atomic E-state index is -4.71. The fourth-order valence-corrected chi connectivity index (χ4v) is 2.23. The van der Waals surface area contributed by atoms with Crippen LogP contribution in [0, 0.1) is 18.3 Å². The van der Waals surface area contributed by atoms with Crippen LogP contribution in [0.25, 0.3) is 0 Å². The topological polar surface area (TPSA) is 57.9 Å². The molecular weight excluding hydrogens is 291 g/mol. The number of aryl methyl sites for hydroxylation is 1. The highest BCUT2D eigenvalue weighted by Crippen LogP contribution is 2.29. The van der Waals surface area contributed by atoms with Crippen molar-refractivity contribution in [2.24, 2.45) is 0 Å². The largest absolute Gasteiger partial charge is 0.573 e. The second-order valence-electron chi connectivity index (χ2n) is 3.78. The van der Waals surface area contributed by atoms with Crippen LogP contribution in [0.5, 0.6) is 5.75 Å². The van der Waals surface area contributed by atoms with Gasteiger partial charge in [-0.1, -0.05) is 0 Å². The quantitative estimate of drug-likeness (QED) is 0.931. The van der Waals surface area contributed by atoms with E-state index in [0.29, 0.717) is 21.9 Å². The van der Waals surface area contributed by atoms with Gasteiger partial charge in [0, 0.05) is 5.69 Å². The van der Waals surface area contributed by atoms with E-state index in [1.807, 2.05) is 6.07 Å². The fourth-order valence-electron chi connectivity index (χ4n) is 1.46. The molecule has 0 saturated carbocycles. The van der Waals surface area contributed by atoms with E-state index < -0.39 is 6.36 Å². The number of nitrogens with one attached hydrogen (secondary N) is 1. The molecule has 0 bridgehead atoms. The van der Waals surface area contributed by atoms with Gasteiger partial charge in [0.25, 0.3) is 0 Å². The number of rotatable bonds is 3. The zero-order chi connectivity index (χ0) is 14.8. The minimum absolute atomic E-state index is 0.302. The second kappa shape index (κ2) is 5.38. The van der Waals surface area contributed by atoms with Crippen molar-refractivity contribution in [2.45, 2.75) is 13.3 Å². The molecular formula is C12H8F3N3OS. The molecule has 0 saturated heterocycles. The maximum absolute atomic E-state index is 12.0. The Labute approximate surface area is 116 Å². The van der Waals surface area contributed by atoms with E-state index in [1.165, 1.54) is 24.3 Å². The lowest BCUT2D eigenvalue weighted by molar-refractivity contribution is -0.274. The van der Waals surface area contributed by atoms with Crippen LogP contribution in [-0.2, 0) is 0 Å². The molecule has 20 heavy (non-hydrogen) atoms. The van der Waals surface area contributed by atoms with Crippen LogP contribution in [0.15, 0.2) is 24.3 Å². The summed E-state index contributed by atoms with van der Waals surface area (Å²) in [4.78, 5) is 0. The molecule has 0 fully saturated rings. The summed E-state index contributed by atoms with van der Waals surface area (Å²) in [7, 11) is 0. The normalized spacial score (nSPS) is 10.9. The van der Waals surface area contributed by atoms with Gasteiger partial charge in [-0.2, -0.15) is 9.64 Å². The maximum atomic E-state index is 12.0. The van der Waals surface area contributed by atoms with Crippen LogP contribution < -0.4 is 10.1 Å².